The van der Waals surface area contributed by atoms with Crippen molar-refractivity contribution in [3.05, 3.63) is 54.7 Å². The molecule has 0 aliphatic rings. The van der Waals surface area contributed by atoms with Gasteiger partial charge in [-0.2, -0.15) is 14.7 Å². The summed E-state index contributed by atoms with van der Waals surface area (Å²) in [5.74, 6) is 1.42. The third-order valence-corrected chi connectivity index (χ3v) is 5.01. The molecule has 0 bridgehead atoms. The molecule has 5 rings (SSSR count). The molecule has 0 atom stereocenters. The standard InChI is InChI=1S/C18H13N7OS/c1-26-12-7-5-11(6-8-12)14-10-15(21-20-14)17-24-25-16(22-23-18(25)27-17)13-4-2-3-9-19-13/h2-10H,1H3,(H,20,21). The SMILES string of the molecule is COc1ccc(-c2cc(-c3nn4c(-c5ccccn5)nnc4s3)[nH]n2)cc1. The van der Waals surface area contributed by atoms with E-state index < -0.39 is 0 Å². The number of ether oxygens (including phenoxy) is 1. The first kappa shape index (κ1) is 15.6. The molecule has 0 spiro atoms. The van der Waals surface area contributed by atoms with Crippen LogP contribution in [-0.2, 0) is 0 Å². The lowest BCUT2D eigenvalue weighted by atomic mass is 10.1. The quantitative estimate of drug-likeness (QED) is 0.518. The number of aromatic nitrogens is 7. The van der Waals surface area contributed by atoms with Crippen LogP contribution in [0.4, 0.5) is 0 Å². The minimum Gasteiger partial charge on any atom is -0.497 e. The zero-order valence-electron chi connectivity index (χ0n) is 14.2. The Kier molecular flexibility index (Phi) is 3.65. The molecule has 0 aliphatic carbocycles. The largest absolute Gasteiger partial charge is 0.497 e. The Morgan fingerprint density at radius 3 is 2.70 bits per heavy atom. The molecule has 1 N–H and O–H groups in total. The van der Waals surface area contributed by atoms with Crippen LogP contribution < -0.4 is 4.74 Å². The van der Waals surface area contributed by atoms with E-state index in [-0.39, 0.29) is 0 Å². The zero-order chi connectivity index (χ0) is 18.2. The maximum atomic E-state index is 5.19. The number of fused-ring (bicyclic) bond motifs is 1. The predicted octanol–water partition coefficient (Wildman–Crippen LogP) is 3.31. The summed E-state index contributed by atoms with van der Waals surface area (Å²) in [6, 6.07) is 15.4. The molecule has 132 valence electrons. The summed E-state index contributed by atoms with van der Waals surface area (Å²) in [4.78, 5) is 5.02. The summed E-state index contributed by atoms with van der Waals surface area (Å²) in [6.45, 7) is 0. The molecule has 0 amide bonds. The van der Waals surface area contributed by atoms with Gasteiger partial charge in [0.25, 0.3) is 0 Å². The highest BCUT2D eigenvalue weighted by atomic mass is 32.1. The highest BCUT2D eigenvalue weighted by molar-refractivity contribution is 7.19. The van der Waals surface area contributed by atoms with Gasteiger partial charge in [0.05, 0.1) is 18.5 Å². The molecule has 0 radical (unpaired) electrons. The second kappa shape index (κ2) is 6.29. The number of rotatable bonds is 4. The van der Waals surface area contributed by atoms with Gasteiger partial charge in [0.15, 0.2) is 5.01 Å². The fourth-order valence-corrected chi connectivity index (χ4v) is 3.53. The minimum absolute atomic E-state index is 0.614. The van der Waals surface area contributed by atoms with Crippen molar-refractivity contribution in [2.45, 2.75) is 0 Å². The average Bonchev–Trinajstić information content (AvgIpc) is 3.44. The van der Waals surface area contributed by atoms with Gasteiger partial charge in [-0.05, 0) is 42.5 Å². The molecule has 4 aromatic heterocycles. The van der Waals surface area contributed by atoms with Crippen LogP contribution in [0.25, 0.3) is 38.4 Å². The number of pyridine rings is 1. The highest BCUT2D eigenvalue weighted by Crippen LogP contribution is 2.29. The first-order valence-corrected chi connectivity index (χ1v) is 8.97. The van der Waals surface area contributed by atoms with E-state index in [2.05, 4.69) is 30.5 Å². The van der Waals surface area contributed by atoms with Crippen LogP contribution in [0.1, 0.15) is 0 Å². The highest BCUT2D eigenvalue weighted by Gasteiger charge is 2.16. The molecular formula is C18H13N7OS. The van der Waals surface area contributed by atoms with Crippen molar-refractivity contribution in [1.29, 1.82) is 0 Å². The van der Waals surface area contributed by atoms with Crippen molar-refractivity contribution in [3.63, 3.8) is 0 Å². The van der Waals surface area contributed by atoms with Gasteiger partial charge in [0.2, 0.25) is 10.8 Å². The van der Waals surface area contributed by atoms with E-state index in [1.807, 2.05) is 48.5 Å². The molecule has 0 unspecified atom stereocenters. The van der Waals surface area contributed by atoms with Gasteiger partial charge in [-0.1, -0.05) is 17.4 Å². The fraction of sp³-hybridized carbons (Fsp3) is 0.0556. The lowest BCUT2D eigenvalue weighted by Gasteiger charge is -1.99. The number of hydrogen-bond donors (Lipinski definition) is 1. The van der Waals surface area contributed by atoms with Gasteiger partial charge in [-0.15, -0.1) is 10.2 Å². The Labute approximate surface area is 157 Å². The van der Waals surface area contributed by atoms with Crippen molar-refractivity contribution >= 4 is 16.3 Å². The summed E-state index contributed by atoms with van der Waals surface area (Å²) in [6.07, 6.45) is 1.72. The van der Waals surface area contributed by atoms with E-state index in [9.17, 15) is 0 Å². The van der Waals surface area contributed by atoms with E-state index in [1.54, 1.807) is 17.8 Å². The van der Waals surface area contributed by atoms with Gasteiger partial charge in [-0.3, -0.25) is 10.1 Å². The van der Waals surface area contributed by atoms with Crippen LogP contribution in [-0.4, -0.2) is 42.1 Å². The molecule has 27 heavy (non-hydrogen) atoms. The van der Waals surface area contributed by atoms with Crippen LogP contribution in [0, 0.1) is 0 Å². The number of hydrogen-bond acceptors (Lipinski definition) is 7. The summed E-state index contributed by atoms with van der Waals surface area (Å²) in [5.41, 5.74) is 3.38. The Bertz CT molecular complexity index is 1210. The molecule has 0 fully saturated rings. The third-order valence-electron chi connectivity index (χ3n) is 4.08. The number of aromatic amines is 1. The van der Waals surface area contributed by atoms with E-state index in [0.29, 0.717) is 10.8 Å². The monoisotopic (exact) mass is 375 g/mol. The van der Waals surface area contributed by atoms with Crippen LogP contribution in [0.3, 0.4) is 0 Å². The Balaban J connectivity index is 1.51. The summed E-state index contributed by atoms with van der Waals surface area (Å²) in [7, 11) is 1.65. The Morgan fingerprint density at radius 1 is 1.04 bits per heavy atom. The van der Waals surface area contributed by atoms with E-state index in [4.69, 9.17) is 4.74 Å². The molecule has 4 heterocycles. The minimum atomic E-state index is 0.614. The zero-order valence-corrected chi connectivity index (χ0v) is 15.0. The lowest BCUT2D eigenvalue weighted by Crippen LogP contribution is -1.92. The number of benzene rings is 1. The Hall–Kier alpha value is -3.59. The summed E-state index contributed by atoms with van der Waals surface area (Å²) >= 11 is 1.44. The third kappa shape index (κ3) is 2.74. The number of methoxy groups -OCH3 is 1. The number of nitrogens with zero attached hydrogens (tertiary/aromatic N) is 6. The summed E-state index contributed by atoms with van der Waals surface area (Å²) < 4.78 is 6.90. The van der Waals surface area contributed by atoms with Gasteiger partial charge in [-0.25, -0.2) is 0 Å². The van der Waals surface area contributed by atoms with Crippen molar-refractivity contribution in [3.8, 4) is 39.2 Å². The molecular weight excluding hydrogens is 362 g/mol. The van der Waals surface area contributed by atoms with E-state index >= 15 is 0 Å². The second-order valence-electron chi connectivity index (χ2n) is 5.74. The lowest BCUT2D eigenvalue weighted by molar-refractivity contribution is 0.415. The normalized spacial score (nSPS) is 11.1. The van der Waals surface area contributed by atoms with Crippen molar-refractivity contribution in [1.82, 2.24) is 35.0 Å². The molecule has 0 aliphatic heterocycles. The molecule has 0 saturated heterocycles. The predicted molar refractivity (Wildman–Crippen MR) is 101 cm³/mol. The maximum absolute atomic E-state index is 5.19. The second-order valence-corrected chi connectivity index (χ2v) is 6.69. The molecule has 8 nitrogen and oxygen atoms in total. The smallest absolute Gasteiger partial charge is 0.235 e. The first-order valence-electron chi connectivity index (χ1n) is 8.16. The number of H-pyrrole nitrogens is 1. The van der Waals surface area contributed by atoms with E-state index in [0.717, 1.165) is 33.4 Å². The van der Waals surface area contributed by atoms with Crippen LogP contribution in [0.15, 0.2) is 54.7 Å². The molecule has 0 saturated carbocycles. The van der Waals surface area contributed by atoms with Gasteiger partial charge in [0.1, 0.15) is 11.4 Å². The number of nitrogens with one attached hydrogen (secondary N) is 1. The van der Waals surface area contributed by atoms with Crippen molar-refractivity contribution in [2.75, 3.05) is 7.11 Å². The van der Waals surface area contributed by atoms with Crippen LogP contribution in [0.2, 0.25) is 0 Å². The molecule has 1 aromatic carbocycles. The van der Waals surface area contributed by atoms with Gasteiger partial charge in [0, 0.05) is 11.8 Å². The summed E-state index contributed by atoms with van der Waals surface area (Å²) in [5, 5.41) is 21.3. The van der Waals surface area contributed by atoms with Gasteiger partial charge >= 0.3 is 0 Å². The molecule has 9 heteroatoms. The van der Waals surface area contributed by atoms with Crippen LogP contribution >= 0.6 is 11.3 Å². The fourth-order valence-electron chi connectivity index (χ4n) is 2.72. The van der Waals surface area contributed by atoms with Crippen LogP contribution in [0.5, 0.6) is 5.75 Å². The van der Waals surface area contributed by atoms with E-state index in [1.165, 1.54) is 11.3 Å². The van der Waals surface area contributed by atoms with Crippen molar-refractivity contribution < 1.29 is 4.74 Å². The molecule has 5 aromatic rings. The Morgan fingerprint density at radius 2 is 1.93 bits per heavy atom. The maximum Gasteiger partial charge on any atom is 0.235 e. The van der Waals surface area contributed by atoms with Gasteiger partial charge < -0.3 is 4.74 Å². The van der Waals surface area contributed by atoms with Crippen molar-refractivity contribution in [2.24, 2.45) is 0 Å². The average molecular weight is 375 g/mol. The topological polar surface area (TPSA) is 93.9 Å². The first-order chi connectivity index (χ1) is 13.3.